The molecule has 130 valence electrons. The van der Waals surface area contributed by atoms with Gasteiger partial charge in [0.15, 0.2) is 0 Å². The van der Waals surface area contributed by atoms with Gasteiger partial charge in [-0.25, -0.2) is 5.43 Å². The lowest BCUT2D eigenvalue weighted by molar-refractivity contribution is -0.136. The highest BCUT2D eigenvalue weighted by molar-refractivity contribution is 6.39. The first-order valence-corrected chi connectivity index (χ1v) is 7.86. The number of benzene rings is 2. The number of aryl methyl sites for hydroxylation is 2. The standard InChI is InChI=1S/C19H22N4O2/c1-13-5-6-14(2)17(11-13)21-18(24)19(25)22-20-12-15-7-9-16(10-8-15)23(3)4/h5-12H,1-4H3,(H,21,24)(H,22,25)/b20-12+. The fourth-order valence-corrected chi connectivity index (χ4v) is 2.12. The first kappa shape index (κ1) is 18.2. The Kier molecular flexibility index (Phi) is 5.89. The number of nitrogens with zero attached hydrogens (tertiary/aromatic N) is 2. The molecule has 2 aromatic carbocycles. The highest BCUT2D eigenvalue weighted by Crippen LogP contribution is 2.16. The molecule has 0 spiro atoms. The molecule has 0 saturated heterocycles. The van der Waals surface area contributed by atoms with Gasteiger partial charge in [-0.05, 0) is 48.7 Å². The van der Waals surface area contributed by atoms with E-state index in [-0.39, 0.29) is 0 Å². The van der Waals surface area contributed by atoms with E-state index in [0.717, 1.165) is 22.4 Å². The zero-order valence-corrected chi connectivity index (χ0v) is 14.8. The number of carbonyl (C=O) groups excluding carboxylic acids is 2. The van der Waals surface area contributed by atoms with Gasteiger partial charge in [0, 0.05) is 25.5 Å². The third kappa shape index (κ3) is 5.17. The predicted octanol–water partition coefficient (Wildman–Crippen LogP) is 2.46. The van der Waals surface area contributed by atoms with E-state index in [2.05, 4.69) is 15.8 Å². The molecule has 6 nitrogen and oxygen atoms in total. The average Bonchev–Trinajstić information content (AvgIpc) is 2.58. The van der Waals surface area contributed by atoms with Crippen LogP contribution in [0.25, 0.3) is 0 Å². The molecular formula is C19H22N4O2. The monoisotopic (exact) mass is 338 g/mol. The maximum Gasteiger partial charge on any atom is 0.329 e. The Bertz CT molecular complexity index is 796. The van der Waals surface area contributed by atoms with Gasteiger partial charge in [0.2, 0.25) is 0 Å². The molecule has 0 atom stereocenters. The van der Waals surface area contributed by atoms with Crippen molar-refractivity contribution in [3.63, 3.8) is 0 Å². The van der Waals surface area contributed by atoms with Gasteiger partial charge in [-0.3, -0.25) is 9.59 Å². The Morgan fingerprint density at radius 2 is 1.68 bits per heavy atom. The summed E-state index contributed by atoms with van der Waals surface area (Å²) in [5.41, 5.74) is 6.61. The third-order valence-electron chi connectivity index (χ3n) is 3.64. The highest BCUT2D eigenvalue weighted by Gasteiger charge is 2.13. The van der Waals surface area contributed by atoms with Crippen LogP contribution in [0.3, 0.4) is 0 Å². The van der Waals surface area contributed by atoms with E-state index >= 15 is 0 Å². The van der Waals surface area contributed by atoms with Crippen molar-refractivity contribution >= 4 is 29.4 Å². The molecule has 0 saturated carbocycles. The van der Waals surface area contributed by atoms with Crippen molar-refractivity contribution in [3.8, 4) is 0 Å². The summed E-state index contributed by atoms with van der Waals surface area (Å²) >= 11 is 0. The van der Waals surface area contributed by atoms with Crippen molar-refractivity contribution in [1.82, 2.24) is 5.43 Å². The zero-order valence-electron chi connectivity index (χ0n) is 14.8. The summed E-state index contributed by atoms with van der Waals surface area (Å²) < 4.78 is 0. The lowest BCUT2D eigenvalue weighted by Gasteiger charge is -2.11. The molecule has 2 aromatic rings. The van der Waals surface area contributed by atoms with Crippen molar-refractivity contribution in [2.24, 2.45) is 5.10 Å². The number of anilines is 2. The van der Waals surface area contributed by atoms with E-state index in [1.54, 1.807) is 0 Å². The maximum absolute atomic E-state index is 11.9. The Hall–Kier alpha value is -3.15. The summed E-state index contributed by atoms with van der Waals surface area (Å²) in [5, 5.41) is 6.41. The van der Waals surface area contributed by atoms with Crippen LogP contribution in [0.2, 0.25) is 0 Å². The molecule has 0 radical (unpaired) electrons. The van der Waals surface area contributed by atoms with Crippen LogP contribution < -0.4 is 15.6 Å². The Balaban J connectivity index is 1.92. The van der Waals surface area contributed by atoms with E-state index in [1.165, 1.54) is 6.21 Å². The predicted molar refractivity (Wildman–Crippen MR) is 101 cm³/mol. The summed E-state index contributed by atoms with van der Waals surface area (Å²) in [7, 11) is 3.91. The number of hydrogen-bond donors (Lipinski definition) is 2. The van der Waals surface area contributed by atoms with Gasteiger partial charge in [0.05, 0.1) is 6.21 Å². The van der Waals surface area contributed by atoms with Gasteiger partial charge in [-0.2, -0.15) is 5.10 Å². The molecule has 6 heteroatoms. The number of hydrogen-bond acceptors (Lipinski definition) is 4. The molecule has 0 unspecified atom stereocenters. The van der Waals surface area contributed by atoms with E-state index in [4.69, 9.17) is 0 Å². The largest absolute Gasteiger partial charge is 0.378 e. The van der Waals surface area contributed by atoms with Crippen molar-refractivity contribution in [1.29, 1.82) is 0 Å². The minimum Gasteiger partial charge on any atom is -0.378 e. The number of carbonyl (C=O) groups is 2. The lowest BCUT2D eigenvalue weighted by Crippen LogP contribution is -2.32. The first-order chi connectivity index (χ1) is 11.9. The fourth-order valence-electron chi connectivity index (χ4n) is 2.12. The Morgan fingerprint density at radius 1 is 1.00 bits per heavy atom. The smallest absolute Gasteiger partial charge is 0.329 e. The van der Waals surface area contributed by atoms with Crippen molar-refractivity contribution < 1.29 is 9.59 Å². The van der Waals surface area contributed by atoms with E-state index in [9.17, 15) is 9.59 Å². The number of rotatable bonds is 4. The van der Waals surface area contributed by atoms with Crippen molar-refractivity contribution in [2.45, 2.75) is 13.8 Å². The van der Waals surface area contributed by atoms with Gasteiger partial charge in [-0.1, -0.05) is 24.3 Å². The van der Waals surface area contributed by atoms with Crippen LogP contribution in [0.1, 0.15) is 16.7 Å². The maximum atomic E-state index is 11.9. The second kappa shape index (κ2) is 8.10. The van der Waals surface area contributed by atoms with Crippen LogP contribution in [0.4, 0.5) is 11.4 Å². The van der Waals surface area contributed by atoms with Crippen LogP contribution in [0, 0.1) is 13.8 Å². The summed E-state index contributed by atoms with van der Waals surface area (Å²) in [6.07, 6.45) is 1.49. The van der Waals surface area contributed by atoms with E-state index in [1.807, 2.05) is 75.3 Å². The molecule has 2 rings (SSSR count). The van der Waals surface area contributed by atoms with Gasteiger partial charge >= 0.3 is 11.8 Å². The minimum absolute atomic E-state index is 0.614. The molecule has 0 aliphatic heterocycles. The lowest BCUT2D eigenvalue weighted by atomic mass is 10.1. The van der Waals surface area contributed by atoms with Gasteiger partial charge in [0.1, 0.15) is 0 Å². The topological polar surface area (TPSA) is 73.8 Å². The molecule has 2 N–H and O–H groups in total. The molecule has 0 aromatic heterocycles. The Labute approximate surface area is 147 Å². The molecular weight excluding hydrogens is 316 g/mol. The average molecular weight is 338 g/mol. The van der Waals surface area contributed by atoms with Crippen LogP contribution in [0.5, 0.6) is 0 Å². The fraction of sp³-hybridized carbons (Fsp3) is 0.211. The first-order valence-electron chi connectivity index (χ1n) is 7.86. The van der Waals surface area contributed by atoms with Gasteiger partial charge in [-0.15, -0.1) is 0 Å². The Morgan fingerprint density at radius 3 is 2.32 bits per heavy atom. The second-order valence-corrected chi connectivity index (χ2v) is 5.96. The molecule has 0 aliphatic rings. The normalized spacial score (nSPS) is 10.6. The minimum atomic E-state index is -0.818. The second-order valence-electron chi connectivity index (χ2n) is 5.96. The summed E-state index contributed by atoms with van der Waals surface area (Å²) in [4.78, 5) is 25.8. The van der Waals surface area contributed by atoms with Crippen molar-refractivity contribution in [2.75, 3.05) is 24.3 Å². The quantitative estimate of drug-likeness (QED) is 0.511. The van der Waals surface area contributed by atoms with E-state index < -0.39 is 11.8 Å². The van der Waals surface area contributed by atoms with Crippen molar-refractivity contribution in [3.05, 3.63) is 59.2 Å². The molecule has 0 bridgehead atoms. The molecule has 0 fully saturated rings. The number of amides is 2. The van der Waals surface area contributed by atoms with E-state index in [0.29, 0.717) is 5.69 Å². The molecule has 0 heterocycles. The van der Waals surface area contributed by atoms with Crippen LogP contribution in [-0.4, -0.2) is 32.1 Å². The van der Waals surface area contributed by atoms with Crippen LogP contribution in [-0.2, 0) is 9.59 Å². The molecule has 0 aliphatic carbocycles. The summed E-state index contributed by atoms with van der Waals surface area (Å²) in [6.45, 7) is 3.78. The number of hydrazone groups is 1. The van der Waals surface area contributed by atoms with Crippen LogP contribution in [0.15, 0.2) is 47.6 Å². The third-order valence-corrected chi connectivity index (χ3v) is 3.64. The zero-order chi connectivity index (χ0) is 18.4. The van der Waals surface area contributed by atoms with Gasteiger partial charge in [0.25, 0.3) is 0 Å². The van der Waals surface area contributed by atoms with Crippen LogP contribution >= 0.6 is 0 Å². The summed E-state index contributed by atoms with van der Waals surface area (Å²) in [6, 6.07) is 13.3. The SMILES string of the molecule is Cc1ccc(C)c(NC(=O)C(=O)N/N=C/c2ccc(N(C)C)cc2)c1. The number of nitrogens with one attached hydrogen (secondary N) is 2. The summed E-state index contributed by atoms with van der Waals surface area (Å²) in [5.74, 6) is -1.57. The highest BCUT2D eigenvalue weighted by atomic mass is 16.2. The molecule has 2 amide bonds. The molecule has 25 heavy (non-hydrogen) atoms. The van der Waals surface area contributed by atoms with Gasteiger partial charge < -0.3 is 10.2 Å².